The molecule has 0 saturated carbocycles. The number of rotatable bonds is 1. The minimum absolute atomic E-state index is 0.375. The van der Waals surface area contributed by atoms with Gasteiger partial charge in [-0.15, -0.1) is 0 Å². The van der Waals surface area contributed by atoms with Gasteiger partial charge in [-0.25, -0.2) is 4.98 Å². The van der Waals surface area contributed by atoms with Crippen LogP contribution in [0, 0.1) is 18.3 Å². The molecule has 3 rings (SSSR count). The van der Waals surface area contributed by atoms with E-state index in [1.807, 2.05) is 37.3 Å². The van der Waals surface area contributed by atoms with Crippen molar-refractivity contribution in [2.75, 3.05) is 5.73 Å². The number of aryl methyl sites for hydroxylation is 1. The molecule has 1 heterocycles. The van der Waals surface area contributed by atoms with Crippen LogP contribution < -0.4 is 5.73 Å². The average molecular weight is 327 g/mol. The molecule has 0 aliphatic rings. The van der Waals surface area contributed by atoms with E-state index in [1.165, 1.54) is 0 Å². The summed E-state index contributed by atoms with van der Waals surface area (Å²) in [6.45, 7) is 2.01. The number of fused-ring (bicyclic) bond motifs is 1. The van der Waals surface area contributed by atoms with Crippen molar-refractivity contribution in [3.05, 3.63) is 52.0 Å². The molecule has 2 N–H and O–H groups in total. The summed E-state index contributed by atoms with van der Waals surface area (Å²) in [6, 6.07) is 13.6. The molecule has 98 valence electrons. The molecule has 0 aliphatic heterocycles. The van der Waals surface area contributed by atoms with E-state index in [1.54, 1.807) is 10.6 Å². The highest BCUT2D eigenvalue weighted by atomic mass is 79.9. The fourth-order valence-electron chi connectivity index (χ4n) is 2.25. The van der Waals surface area contributed by atoms with Gasteiger partial charge in [-0.3, -0.25) is 4.57 Å². The van der Waals surface area contributed by atoms with E-state index >= 15 is 0 Å². The first-order chi connectivity index (χ1) is 9.60. The van der Waals surface area contributed by atoms with Gasteiger partial charge in [-0.05, 0) is 42.8 Å². The first-order valence-corrected chi connectivity index (χ1v) is 6.84. The summed E-state index contributed by atoms with van der Waals surface area (Å²) in [4.78, 5) is 4.37. The van der Waals surface area contributed by atoms with Gasteiger partial charge >= 0.3 is 0 Å². The molecule has 0 saturated heterocycles. The average Bonchev–Trinajstić information content (AvgIpc) is 2.73. The molecular weight excluding hydrogens is 316 g/mol. The number of nitrogens with two attached hydrogens (primary N) is 1. The van der Waals surface area contributed by atoms with Crippen molar-refractivity contribution in [1.29, 1.82) is 5.26 Å². The van der Waals surface area contributed by atoms with Crippen molar-refractivity contribution in [3.8, 4) is 11.8 Å². The minimum Gasteiger partial charge on any atom is -0.369 e. The standard InChI is InChI=1S/C15H11BrN4/c1-9-2-5-13-12(6-9)19-15(18)20(13)14-7-11(16)4-3-10(14)8-17/h2-7H,1H3,(H2,18,19). The Kier molecular flexibility index (Phi) is 2.96. The van der Waals surface area contributed by atoms with Crippen molar-refractivity contribution in [2.24, 2.45) is 0 Å². The number of nitriles is 1. The van der Waals surface area contributed by atoms with Crippen molar-refractivity contribution >= 4 is 32.9 Å². The van der Waals surface area contributed by atoms with E-state index in [-0.39, 0.29) is 0 Å². The Morgan fingerprint density at radius 1 is 1.25 bits per heavy atom. The van der Waals surface area contributed by atoms with E-state index in [0.717, 1.165) is 26.8 Å². The first kappa shape index (κ1) is 12.7. The summed E-state index contributed by atoms with van der Waals surface area (Å²) in [6.07, 6.45) is 0. The molecule has 0 unspecified atom stereocenters. The quantitative estimate of drug-likeness (QED) is 0.743. The fourth-order valence-corrected chi connectivity index (χ4v) is 2.60. The molecule has 0 radical (unpaired) electrons. The third-order valence-corrected chi connectivity index (χ3v) is 3.65. The van der Waals surface area contributed by atoms with E-state index in [9.17, 15) is 5.26 Å². The third-order valence-electron chi connectivity index (χ3n) is 3.16. The first-order valence-electron chi connectivity index (χ1n) is 6.05. The highest BCUT2D eigenvalue weighted by molar-refractivity contribution is 9.10. The van der Waals surface area contributed by atoms with Crippen molar-refractivity contribution in [1.82, 2.24) is 9.55 Å². The minimum atomic E-state index is 0.375. The van der Waals surface area contributed by atoms with E-state index in [2.05, 4.69) is 27.0 Å². The molecule has 0 amide bonds. The Morgan fingerprint density at radius 2 is 2.05 bits per heavy atom. The molecule has 0 spiro atoms. The molecular formula is C15H11BrN4. The van der Waals surface area contributed by atoms with Gasteiger partial charge in [0.05, 0.1) is 22.3 Å². The Morgan fingerprint density at radius 3 is 2.80 bits per heavy atom. The van der Waals surface area contributed by atoms with Gasteiger partial charge in [0, 0.05) is 4.47 Å². The molecule has 1 aromatic heterocycles. The number of benzene rings is 2. The fraction of sp³-hybridized carbons (Fsp3) is 0.0667. The Hall–Kier alpha value is -2.32. The largest absolute Gasteiger partial charge is 0.369 e. The Balaban J connectivity index is 2.38. The number of nitrogens with zero attached hydrogens (tertiary/aromatic N) is 3. The third kappa shape index (κ3) is 1.95. The summed E-state index contributed by atoms with van der Waals surface area (Å²) < 4.78 is 2.69. The second-order valence-electron chi connectivity index (χ2n) is 4.57. The van der Waals surface area contributed by atoms with Crippen LogP contribution in [0.25, 0.3) is 16.7 Å². The topological polar surface area (TPSA) is 67.6 Å². The lowest BCUT2D eigenvalue weighted by Gasteiger charge is -2.09. The Labute approximate surface area is 124 Å². The van der Waals surface area contributed by atoms with Crippen molar-refractivity contribution < 1.29 is 0 Å². The number of imidazole rings is 1. The highest BCUT2D eigenvalue weighted by Gasteiger charge is 2.13. The number of anilines is 1. The zero-order valence-corrected chi connectivity index (χ0v) is 12.3. The highest BCUT2D eigenvalue weighted by Crippen LogP contribution is 2.27. The second-order valence-corrected chi connectivity index (χ2v) is 5.49. The number of aromatic nitrogens is 2. The Bertz CT molecular complexity index is 858. The number of hydrogen-bond donors (Lipinski definition) is 1. The SMILES string of the molecule is Cc1ccc2c(c1)nc(N)n2-c1cc(Br)ccc1C#N. The molecule has 5 heteroatoms. The van der Waals surface area contributed by atoms with Crippen LogP contribution >= 0.6 is 15.9 Å². The van der Waals surface area contributed by atoms with Crippen LogP contribution in [0.1, 0.15) is 11.1 Å². The van der Waals surface area contributed by atoms with Crippen LogP contribution in [0.3, 0.4) is 0 Å². The smallest absolute Gasteiger partial charge is 0.205 e. The van der Waals surface area contributed by atoms with Gasteiger partial charge < -0.3 is 5.73 Å². The van der Waals surface area contributed by atoms with Gasteiger partial charge in [0.25, 0.3) is 0 Å². The lowest BCUT2D eigenvalue weighted by Crippen LogP contribution is -2.02. The molecule has 0 fully saturated rings. The molecule has 20 heavy (non-hydrogen) atoms. The number of hydrogen-bond acceptors (Lipinski definition) is 3. The molecule has 4 nitrogen and oxygen atoms in total. The van der Waals surface area contributed by atoms with Gasteiger partial charge in [0.2, 0.25) is 5.95 Å². The van der Waals surface area contributed by atoms with Gasteiger partial charge in [0.15, 0.2) is 0 Å². The number of halogens is 1. The van der Waals surface area contributed by atoms with Crippen LogP contribution in [0.5, 0.6) is 0 Å². The summed E-state index contributed by atoms with van der Waals surface area (Å²) >= 11 is 3.43. The summed E-state index contributed by atoms with van der Waals surface area (Å²) in [5, 5.41) is 9.28. The van der Waals surface area contributed by atoms with Crippen molar-refractivity contribution in [3.63, 3.8) is 0 Å². The molecule has 2 aromatic carbocycles. The van der Waals surface area contributed by atoms with E-state index in [0.29, 0.717) is 11.5 Å². The predicted octanol–water partition coefficient (Wildman–Crippen LogP) is 3.55. The van der Waals surface area contributed by atoms with E-state index in [4.69, 9.17) is 5.73 Å². The molecule has 0 atom stereocenters. The predicted molar refractivity (Wildman–Crippen MR) is 82.6 cm³/mol. The second kappa shape index (κ2) is 4.66. The number of nitrogen functional groups attached to an aromatic ring is 1. The summed E-state index contributed by atoms with van der Waals surface area (Å²) in [7, 11) is 0. The van der Waals surface area contributed by atoms with Gasteiger partial charge in [-0.2, -0.15) is 5.26 Å². The summed E-state index contributed by atoms with van der Waals surface area (Å²) in [5.74, 6) is 0.375. The maximum Gasteiger partial charge on any atom is 0.205 e. The van der Waals surface area contributed by atoms with Gasteiger partial charge in [0.1, 0.15) is 6.07 Å². The normalized spacial score (nSPS) is 10.7. The van der Waals surface area contributed by atoms with Crippen LogP contribution in [0.4, 0.5) is 5.95 Å². The van der Waals surface area contributed by atoms with Crippen LogP contribution in [0.15, 0.2) is 40.9 Å². The molecule has 3 aromatic rings. The maximum absolute atomic E-state index is 9.28. The molecule has 0 bridgehead atoms. The van der Waals surface area contributed by atoms with Crippen LogP contribution in [-0.2, 0) is 0 Å². The van der Waals surface area contributed by atoms with Crippen molar-refractivity contribution in [2.45, 2.75) is 6.92 Å². The van der Waals surface area contributed by atoms with Gasteiger partial charge in [-0.1, -0.05) is 22.0 Å². The lowest BCUT2D eigenvalue weighted by atomic mass is 10.2. The van der Waals surface area contributed by atoms with E-state index < -0.39 is 0 Å². The molecule has 0 aliphatic carbocycles. The zero-order chi connectivity index (χ0) is 14.3. The summed E-state index contributed by atoms with van der Waals surface area (Å²) in [5.41, 5.74) is 10.2. The maximum atomic E-state index is 9.28. The van der Waals surface area contributed by atoms with Crippen LogP contribution in [-0.4, -0.2) is 9.55 Å². The monoisotopic (exact) mass is 326 g/mol. The zero-order valence-electron chi connectivity index (χ0n) is 10.8. The van der Waals surface area contributed by atoms with Crippen LogP contribution in [0.2, 0.25) is 0 Å². The lowest BCUT2D eigenvalue weighted by molar-refractivity contribution is 1.10.